The summed E-state index contributed by atoms with van der Waals surface area (Å²) >= 11 is 0. The first kappa shape index (κ1) is 16.0. The van der Waals surface area contributed by atoms with Gasteiger partial charge in [0.1, 0.15) is 0 Å². The van der Waals surface area contributed by atoms with Crippen LogP contribution in [0, 0.1) is 0 Å². The smallest absolute Gasteiger partial charge is 0.303 e. The molecule has 0 aromatic heterocycles. The zero-order valence-corrected chi connectivity index (χ0v) is 11.9. The number of unbranched alkanes of at least 4 members (excludes halogenated alkanes) is 3. The van der Waals surface area contributed by atoms with Crippen molar-refractivity contribution in [1.29, 1.82) is 0 Å². The molecule has 1 saturated heterocycles. The van der Waals surface area contributed by atoms with Gasteiger partial charge in [-0.1, -0.05) is 37.6 Å². The van der Waals surface area contributed by atoms with E-state index in [0.717, 1.165) is 44.9 Å². The van der Waals surface area contributed by atoms with Crippen molar-refractivity contribution < 1.29 is 14.6 Å². The number of carboxylic acid groups (broad SMARTS) is 1. The number of ether oxygens (including phenoxy) is 1. The van der Waals surface area contributed by atoms with E-state index >= 15 is 0 Å². The molecule has 0 spiro atoms. The first-order chi connectivity index (χ1) is 9.24. The van der Waals surface area contributed by atoms with Crippen molar-refractivity contribution in [2.75, 3.05) is 0 Å². The molecule has 0 bridgehead atoms. The summed E-state index contributed by atoms with van der Waals surface area (Å²) in [5.74, 6) is -0.689. The van der Waals surface area contributed by atoms with Gasteiger partial charge in [-0.05, 0) is 38.5 Å². The Bertz CT molecular complexity index is 307. The fraction of sp³-hybridized carbons (Fsp3) is 0.688. The van der Waals surface area contributed by atoms with E-state index in [2.05, 4.69) is 31.2 Å². The lowest BCUT2D eigenvalue weighted by atomic mass is 10.1. The Morgan fingerprint density at radius 3 is 2.58 bits per heavy atom. The molecule has 1 aliphatic rings. The van der Waals surface area contributed by atoms with E-state index < -0.39 is 5.97 Å². The lowest BCUT2D eigenvalue weighted by Gasteiger charge is -1.94. The minimum absolute atomic E-state index is 0.300. The highest BCUT2D eigenvalue weighted by molar-refractivity contribution is 5.66. The third kappa shape index (κ3) is 8.60. The summed E-state index contributed by atoms with van der Waals surface area (Å²) < 4.78 is 5.45. The molecule has 1 N–H and O–H groups in total. The van der Waals surface area contributed by atoms with Gasteiger partial charge >= 0.3 is 5.97 Å². The maximum atomic E-state index is 10.3. The first-order valence-electron chi connectivity index (χ1n) is 7.41. The van der Waals surface area contributed by atoms with Crippen LogP contribution in [0.25, 0.3) is 0 Å². The zero-order valence-electron chi connectivity index (χ0n) is 11.9. The van der Waals surface area contributed by atoms with Gasteiger partial charge in [0.05, 0.1) is 12.2 Å². The van der Waals surface area contributed by atoms with E-state index in [1.165, 1.54) is 0 Å². The number of carboxylic acids is 1. The van der Waals surface area contributed by atoms with Crippen LogP contribution >= 0.6 is 0 Å². The highest BCUT2D eigenvalue weighted by Gasteiger charge is 2.35. The monoisotopic (exact) mass is 266 g/mol. The second-order valence-corrected chi connectivity index (χ2v) is 5.03. The van der Waals surface area contributed by atoms with Crippen LogP contribution in [0.1, 0.15) is 58.3 Å². The molecule has 19 heavy (non-hydrogen) atoms. The van der Waals surface area contributed by atoms with Crippen LogP contribution in [0.15, 0.2) is 24.3 Å². The van der Waals surface area contributed by atoms with Crippen molar-refractivity contribution in [3.8, 4) is 0 Å². The van der Waals surface area contributed by atoms with Crippen LogP contribution < -0.4 is 0 Å². The number of hydrogen-bond donors (Lipinski definition) is 1. The van der Waals surface area contributed by atoms with Crippen molar-refractivity contribution in [2.24, 2.45) is 0 Å². The molecule has 108 valence electrons. The van der Waals surface area contributed by atoms with Gasteiger partial charge in [-0.25, -0.2) is 0 Å². The van der Waals surface area contributed by atoms with Gasteiger partial charge < -0.3 is 9.84 Å². The Kier molecular flexibility index (Phi) is 8.23. The maximum Gasteiger partial charge on any atom is 0.303 e. The third-order valence-electron chi connectivity index (χ3n) is 3.33. The molecule has 1 fully saturated rings. The SMILES string of the molecule is CC[C@H]1O[C@H]1C/C=C\C/C=C\CCCCCC(=O)O. The number of allylic oxidation sites excluding steroid dienone is 3. The van der Waals surface area contributed by atoms with E-state index in [1.54, 1.807) is 0 Å². The van der Waals surface area contributed by atoms with E-state index in [0.29, 0.717) is 18.6 Å². The van der Waals surface area contributed by atoms with Crippen LogP contribution in [0.4, 0.5) is 0 Å². The molecular weight excluding hydrogens is 240 g/mol. The zero-order chi connectivity index (χ0) is 13.9. The molecule has 0 aromatic rings. The fourth-order valence-electron chi connectivity index (χ4n) is 2.08. The molecule has 1 rings (SSSR count). The lowest BCUT2D eigenvalue weighted by molar-refractivity contribution is -0.137. The molecule has 0 saturated carbocycles. The number of epoxide rings is 1. The topological polar surface area (TPSA) is 49.8 Å². The van der Waals surface area contributed by atoms with Crippen LogP contribution in [-0.2, 0) is 9.53 Å². The molecule has 0 radical (unpaired) electrons. The third-order valence-corrected chi connectivity index (χ3v) is 3.33. The summed E-state index contributed by atoms with van der Waals surface area (Å²) in [6.45, 7) is 2.16. The summed E-state index contributed by atoms with van der Waals surface area (Å²) in [4.78, 5) is 10.3. The molecule has 0 aliphatic carbocycles. The summed E-state index contributed by atoms with van der Waals surface area (Å²) in [5.41, 5.74) is 0. The molecule has 0 unspecified atom stereocenters. The molecule has 3 nitrogen and oxygen atoms in total. The van der Waals surface area contributed by atoms with Gasteiger partial charge in [-0.2, -0.15) is 0 Å². The van der Waals surface area contributed by atoms with Crippen molar-refractivity contribution in [3.63, 3.8) is 0 Å². The second-order valence-electron chi connectivity index (χ2n) is 5.03. The van der Waals surface area contributed by atoms with Crippen LogP contribution in [0.3, 0.4) is 0 Å². The molecule has 0 amide bonds. The van der Waals surface area contributed by atoms with E-state index in [4.69, 9.17) is 9.84 Å². The Labute approximate surface area is 116 Å². The van der Waals surface area contributed by atoms with Crippen LogP contribution in [0.2, 0.25) is 0 Å². The molecular formula is C16H26O3. The average Bonchev–Trinajstić information content (AvgIpc) is 3.14. The van der Waals surface area contributed by atoms with E-state index in [9.17, 15) is 4.79 Å². The highest BCUT2D eigenvalue weighted by atomic mass is 16.6. The van der Waals surface area contributed by atoms with Crippen molar-refractivity contribution >= 4 is 5.97 Å². The minimum Gasteiger partial charge on any atom is -0.481 e. The quantitative estimate of drug-likeness (QED) is 0.348. The molecule has 0 aromatic carbocycles. The molecule has 1 heterocycles. The average molecular weight is 266 g/mol. The first-order valence-corrected chi connectivity index (χ1v) is 7.41. The van der Waals surface area contributed by atoms with Gasteiger partial charge in [0, 0.05) is 6.42 Å². The Balaban J connectivity index is 1.85. The van der Waals surface area contributed by atoms with Crippen LogP contribution in [-0.4, -0.2) is 23.3 Å². The second kappa shape index (κ2) is 9.79. The summed E-state index contributed by atoms with van der Waals surface area (Å²) in [6.07, 6.45) is 17.1. The number of rotatable bonds is 11. The van der Waals surface area contributed by atoms with Gasteiger partial charge in [0.15, 0.2) is 0 Å². The summed E-state index contributed by atoms with van der Waals surface area (Å²) in [7, 11) is 0. The number of aliphatic carboxylic acids is 1. The molecule has 1 aliphatic heterocycles. The fourth-order valence-corrected chi connectivity index (χ4v) is 2.08. The molecule has 2 atom stereocenters. The lowest BCUT2D eigenvalue weighted by Crippen LogP contribution is -1.93. The largest absolute Gasteiger partial charge is 0.481 e. The van der Waals surface area contributed by atoms with Crippen molar-refractivity contribution in [2.45, 2.75) is 70.5 Å². The Hall–Kier alpha value is -1.09. The van der Waals surface area contributed by atoms with Crippen molar-refractivity contribution in [1.82, 2.24) is 0 Å². The normalized spacial score (nSPS) is 22.4. The predicted molar refractivity (Wildman–Crippen MR) is 77.2 cm³/mol. The summed E-state index contributed by atoms with van der Waals surface area (Å²) in [6, 6.07) is 0. The van der Waals surface area contributed by atoms with E-state index in [1.807, 2.05) is 0 Å². The maximum absolute atomic E-state index is 10.3. The van der Waals surface area contributed by atoms with Gasteiger partial charge in [0.25, 0.3) is 0 Å². The van der Waals surface area contributed by atoms with Gasteiger partial charge in [0.2, 0.25) is 0 Å². The minimum atomic E-state index is -0.689. The van der Waals surface area contributed by atoms with E-state index in [-0.39, 0.29) is 0 Å². The highest BCUT2D eigenvalue weighted by Crippen LogP contribution is 2.28. The number of hydrogen-bond acceptors (Lipinski definition) is 2. The number of carbonyl (C=O) groups is 1. The van der Waals surface area contributed by atoms with Crippen molar-refractivity contribution in [3.05, 3.63) is 24.3 Å². The Morgan fingerprint density at radius 1 is 1.11 bits per heavy atom. The predicted octanol–water partition coefficient (Wildman–Crippen LogP) is 4.09. The Morgan fingerprint density at radius 2 is 1.89 bits per heavy atom. The summed E-state index contributed by atoms with van der Waals surface area (Å²) in [5, 5.41) is 8.48. The van der Waals surface area contributed by atoms with Gasteiger partial charge in [-0.3, -0.25) is 4.79 Å². The van der Waals surface area contributed by atoms with Crippen LogP contribution in [0.5, 0.6) is 0 Å². The standard InChI is InChI=1S/C16H26O3/c1-2-14-15(19-14)12-10-8-6-4-3-5-7-9-11-13-16(17)18/h3-4,8,10,14-15H,2,5-7,9,11-13H2,1H3,(H,17,18)/b4-3-,10-8-/t14-,15+/m1/s1. The molecule has 3 heteroatoms. The van der Waals surface area contributed by atoms with Gasteiger partial charge in [-0.15, -0.1) is 0 Å².